The van der Waals surface area contributed by atoms with Crippen LogP contribution in [0.5, 0.6) is 0 Å². The van der Waals surface area contributed by atoms with Gasteiger partial charge in [-0.2, -0.15) is 0 Å². The first-order chi connectivity index (χ1) is 12.4. The summed E-state index contributed by atoms with van der Waals surface area (Å²) in [5.74, 6) is -0.791. The third-order valence-electron chi connectivity index (χ3n) is 3.56. The first-order valence-corrected chi connectivity index (χ1v) is 7.94. The number of esters is 1. The summed E-state index contributed by atoms with van der Waals surface area (Å²) in [5, 5.41) is 5.70. The topological polar surface area (TPSA) is 87.7 Å². The molecule has 2 N–H and O–H groups in total. The zero-order chi connectivity index (χ0) is 19.1. The number of carbonyl (C=O) groups excluding carboxylic acids is 3. The van der Waals surface area contributed by atoms with E-state index in [4.69, 9.17) is 0 Å². The molecule has 0 spiro atoms. The number of rotatable bonds is 6. The van der Waals surface area contributed by atoms with Crippen LogP contribution in [-0.2, 0) is 9.53 Å². The van der Waals surface area contributed by atoms with Crippen molar-refractivity contribution in [1.29, 1.82) is 0 Å². The lowest BCUT2D eigenvalue weighted by molar-refractivity contribution is -0.114. The number of anilines is 2. The van der Waals surface area contributed by atoms with Crippen molar-refractivity contribution in [3.63, 3.8) is 0 Å². The first kappa shape index (κ1) is 19.0. The predicted molar refractivity (Wildman–Crippen MR) is 99.4 cm³/mol. The van der Waals surface area contributed by atoms with E-state index in [0.717, 1.165) is 0 Å². The molecule has 7 heteroatoms. The Morgan fingerprint density at radius 2 is 1.65 bits per heavy atom. The SMILES string of the molecule is COC(=O)c1ccc(NC(=O)CNc2cccc(C(=O)N(C)C)c2)cc1. The van der Waals surface area contributed by atoms with E-state index in [2.05, 4.69) is 15.4 Å². The van der Waals surface area contributed by atoms with E-state index in [-0.39, 0.29) is 18.4 Å². The van der Waals surface area contributed by atoms with Crippen LogP contribution in [0.15, 0.2) is 48.5 Å². The van der Waals surface area contributed by atoms with Gasteiger partial charge in [0.15, 0.2) is 0 Å². The Labute approximate surface area is 152 Å². The van der Waals surface area contributed by atoms with Crippen molar-refractivity contribution >= 4 is 29.2 Å². The maximum Gasteiger partial charge on any atom is 0.337 e. The second kappa shape index (κ2) is 8.66. The minimum atomic E-state index is -0.434. The van der Waals surface area contributed by atoms with Gasteiger partial charge >= 0.3 is 5.97 Å². The van der Waals surface area contributed by atoms with Gasteiger partial charge in [0.1, 0.15) is 0 Å². The number of amides is 2. The van der Waals surface area contributed by atoms with Gasteiger partial charge < -0.3 is 20.3 Å². The molecule has 0 bridgehead atoms. The number of benzene rings is 2. The summed E-state index contributed by atoms with van der Waals surface area (Å²) < 4.78 is 4.62. The number of ether oxygens (including phenoxy) is 1. The van der Waals surface area contributed by atoms with Crippen LogP contribution in [0.25, 0.3) is 0 Å². The van der Waals surface area contributed by atoms with E-state index in [0.29, 0.717) is 22.5 Å². The van der Waals surface area contributed by atoms with Gasteiger partial charge in [0, 0.05) is 31.0 Å². The van der Waals surface area contributed by atoms with Crippen LogP contribution in [0, 0.1) is 0 Å². The molecule has 0 radical (unpaired) electrons. The fraction of sp³-hybridized carbons (Fsp3) is 0.211. The molecular weight excluding hydrogens is 334 g/mol. The monoisotopic (exact) mass is 355 g/mol. The van der Waals surface area contributed by atoms with Crippen LogP contribution in [0.1, 0.15) is 20.7 Å². The third kappa shape index (κ3) is 5.07. The van der Waals surface area contributed by atoms with Crippen molar-refractivity contribution in [2.24, 2.45) is 0 Å². The first-order valence-electron chi connectivity index (χ1n) is 7.94. The Kier molecular flexibility index (Phi) is 6.32. The number of carbonyl (C=O) groups is 3. The largest absolute Gasteiger partial charge is 0.465 e. The van der Waals surface area contributed by atoms with Crippen LogP contribution >= 0.6 is 0 Å². The molecule has 0 atom stereocenters. The molecule has 0 unspecified atom stereocenters. The highest BCUT2D eigenvalue weighted by atomic mass is 16.5. The van der Waals surface area contributed by atoms with Gasteiger partial charge in [0.25, 0.3) is 5.91 Å². The molecule has 2 rings (SSSR count). The molecule has 2 aromatic carbocycles. The van der Waals surface area contributed by atoms with E-state index in [1.54, 1.807) is 62.6 Å². The molecule has 26 heavy (non-hydrogen) atoms. The molecule has 0 saturated heterocycles. The number of nitrogens with one attached hydrogen (secondary N) is 2. The molecule has 7 nitrogen and oxygen atoms in total. The molecule has 0 fully saturated rings. The minimum Gasteiger partial charge on any atom is -0.465 e. The molecule has 2 amide bonds. The Morgan fingerprint density at radius 1 is 0.962 bits per heavy atom. The van der Waals surface area contributed by atoms with Crippen LogP contribution in [-0.4, -0.2) is 50.4 Å². The second-order valence-electron chi connectivity index (χ2n) is 5.75. The second-order valence-corrected chi connectivity index (χ2v) is 5.75. The lowest BCUT2D eigenvalue weighted by Gasteiger charge is -2.12. The Balaban J connectivity index is 1.92. The van der Waals surface area contributed by atoms with Gasteiger partial charge in [0.2, 0.25) is 5.91 Å². The predicted octanol–water partition coefficient (Wildman–Crippen LogP) is 2.23. The molecule has 0 aliphatic heterocycles. The summed E-state index contributed by atoms with van der Waals surface area (Å²) in [5.41, 5.74) is 2.19. The van der Waals surface area contributed by atoms with Crippen molar-refractivity contribution in [2.75, 3.05) is 38.4 Å². The summed E-state index contributed by atoms with van der Waals surface area (Å²) in [4.78, 5) is 36.9. The van der Waals surface area contributed by atoms with Crippen molar-refractivity contribution in [3.8, 4) is 0 Å². The van der Waals surface area contributed by atoms with Gasteiger partial charge in [-0.05, 0) is 42.5 Å². The quantitative estimate of drug-likeness (QED) is 0.776. The molecule has 0 aliphatic rings. The molecular formula is C19H21N3O4. The third-order valence-corrected chi connectivity index (χ3v) is 3.56. The molecule has 0 heterocycles. The number of hydrogen-bond acceptors (Lipinski definition) is 5. The van der Waals surface area contributed by atoms with E-state index in [9.17, 15) is 14.4 Å². The van der Waals surface area contributed by atoms with Crippen molar-refractivity contribution in [1.82, 2.24) is 4.90 Å². The average Bonchev–Trinajstić information content (AvgIpc) is 2.66. The van der Waals surface area contributed by atoms with Crippen molar-refractivity contribution in [2.45, 2.75) is 0 Å². The highest BCUT2D eigenvalue weighted by Gasteiger charge is 2.09. The highest BCUT2D eigenvalue weighted by molar-refractivity contribution is 5.96. The lowest BCUT2D eigenvalue weighted by Crippen LogP contribution is -2.23. The number of nitrogens with zero attached hydrogens (tertiary/aromatic N) is 1. The average molecular weight is 355 g/mol. The molecule has 0 aliphatic carbocycles. The highest BCUT2D eigenvalue weighted by Crippen LogP contribution is 2.13. The minimum absolute atomic E-state index is 0.0400. The number of methoxy groups -OCH3 is 1. The number of hydrogen-bond donors (Lipinski definition) is 2. The molecule has 0 aromatic heterocycles. The van der Waals surface area contributed by atoms with E-state index in [1.165, 1.54) is 12.0 Å². The fourth-order valence-corrected chi connectivity index (χ4v) is 2.22. The van der Waals surface area contributed by atoms with E-state index in [1.807, 2.05) is 0 Å². The van der Waals surface area contributed by atoms with Gasteiger partial charge in [-0.25, -0.2) is 4.79 Å². The van der Waals surface area contributed by atoms with Crippen LogP contribution < -0.4 is 10.6 Å². The summed E-state index contributed by atoms with van der Waals surface area (Å²) in [6.45, 7) is 0.0400. The normalized spacial score (nSPS) is 9.96. The van der Waals surface area contributed by atoms with Crippen molar-refractivity contribution < 1.29 is 19.1 Å². The van der Waals surface area contributed by atoms with E-state index < -0.39 is 5.97 Å². The van der Waals surface area contributed by atoms with Gasteiger partial charge in [0.05, 0.1) is 19.2 Å². The van der Waals surface area contributed by atoms with Gasteiger partial charge in [-0.15, -0.1) is 0 Å². The summed E-state index contributed by atoms with van der Waals surface area (Å²) in [7, 11) is 4.67. The summed E-state index contributed by atoms with van der Waals surface area (Å²) in [6, 6.07) is 13.3. The fourth-order valence-electron chi connectivity index (χ4n) is 2.22. The Morgan fingerprint density at radius 3 is 2.27 bits per heavy atom. The Bertz CT molecular complexity index is 801. The van der Waals surface area contributed by atoms with Gasteiger partial charge in [-0.3, -0.25) is 9.59 Å². The molecule has 2 aromatic rings. The zero-order valence-corrected chi connectivity index (χ0v) is 14.9. The zero-order valence-electron chi connectivity index (χ0n) is 14.9. The smallest absolute Gasteiger partial charge is 0.337 e. The van der Waals surface area contributed by atoms with Crippen LogP contribution in [0.4, 0.5) is 11.4 Å². The van der Waals surface area contributed by atoms with E-state index >= 15 is 0 Å². The maximum atomic E-state index is 12.0. The lowest BCUT2D eigenvalue weighted by atomic mass is 10.2. The molecule has 136 valence electrons. The Hall–Kier alpha value is -3.35. The summed E-state index contributed by atoms with van der Waals surface area (Å²) >= 11 is 0. The van der Waals surface area contributed by atoms with Crippen LogP contribution in [0.3, 0.4) is 0 Å². The maximum absolute atomic E-state index is 12.0. The standard InChI is InChI=1S/C19H21N3O4/c1-22(2)18(24)14-5-4-6-16(11-14)20-12-17(23)21-15-9-7-13(8-10-15)19(25)26-3/h4-11,20H,12H2,1-3H3,(H,21,23). The summed E-state index contributed by atoms with van der Waals surface area (Å²) in [6.07, 6.45) is 0. The van der Waals surface area contributed by atoms with Crippen molar-refractivity contribution in [3.05, 3.63) is 59.7 Å². The molecule has 0 saturated carbocycles. The van der Waals surface area contributed by atoms with Crippen LogP contribution in [0.2, 0.25) is 0 Å². The van der Waals surface area contributed by atoms with Gasteiger partial charge in [-0.1, -0.05) is 6.07 Å².